The lowest BCUT2D eigenvalue weighted by Gasteiger charge is -2.31. The Morgan fingerprint density at radius 3 is 1.18 bits per heavy atom. The Balaban J connectivity index is 4.23. The quantitative estimate of drug-likeness (QED) is 0.0281. The van der Waals surface area contributed by atoms with Crippen molar-refractivity contribution in [1.29, 1.82) is 0 Å². The van der Waals surface area contributed by atoms with Crippen molar-refractivity contribution >= 4 is 17.9 Å². The van der Waals surface area contributed by atoms with Gasteiger partial charge in [0.15, 0.2) is 12.1 Å². The Kier molecular flexibility index (Phi) is 45.4. The summed E-state index contributed by atoms with van der Waals surface area (Å²) in [5.41, 5.74) is 0. The molecule has 0 aromatic carbocycles. The second-order valence-corrected chi connectivity index (χ2v) is 18.7. The van der Waals surface area contributed by atoms with Gasteiger partial charge in [0.1, 0.15) is 6.61 Å². The van der Waals surface area contributed by atoms with Crippen LogP contribution in [0.1, 0.15) is 213 Å². The highest BCUT2D eigenvalue weighted by molar-refractivity contribution is 5.72. The number of likely N-dealkylation sites (N-methyl/N-ethyl adjacent to an activating group) is 1. The highest BCUT2D eigenvalue weighted by atomic mass is 16.6. The van der Waals surface area contributed by atoms with Gasteiger partial charge in [0, 0.05) is 19.3 Å². The average Bonchev–Trinajstić information content (AvgIpc) is 3.28. The van der Waals surface area contributed by atoms with Crippen LogP contribution in [0.2, 0.25) is 0 Å². The number of carboxylic acid groups (broad SMARTS) is 1. The van der Waals surface area contributed by atoms with E-state index in [0.717, 1.165) is 96.3 Å². The van der Waals surface area contributed by atoms with Crippen molar-refractivity contribution in [2.45, 2.75) is 225 Å². The first-order chi connectivity index (χ1) is 32.1. The number of carbonyl (C=O) groups excluding carboxylic acids is 2. The van der Waals surface area contributed by atoms with Crippen LogP contribution < -0.4 is 0 Å². The van der Waals surface area contributed by atoms with Gasteiger partial charge in [-0.05, 0) is 83.5 Å². The van der Waals surface area contributed by atoms with Gasteiger partial charge in [-0.2, -0.15) is 0 Å². The normalized spacial score (nSPS) is 13.5. The van der Waals surface area contributed by atoms with Gasteiger partial charge in [0.25, 0.3) is 0 Å². The fourth-order valence-electron chi connectivity index (χ4n) is 7.51. The van der Waals surface area contributed by atoms with Crippen molar-refractivity contribution in [3.8, 4) is 0 Å². The standard InChI is InChI=1S/C58H99NO7/c1-6-8-10-12-14-16-18-20-22-24-26-27-28-29-31-32-34-36-38-40-42-44-46-48-56(60)65-53-54(52-64-51-50-55(58(62)63)59(3,4)5)66-57(61)49-47-45-43-41-39-37-35-33-30-25-23-21-19-17-15-13-11-9-7-2/h8-11,14-17,20-23,30,33,54-55H,6-7,12-13,18-19,24-29,31-32,34-53H2,1-5H3/p+1/b10-8+,11-9+,16-14+,17-15+,22-20+,23-21+,33-30+. The third kappa shape index (κ3) is 45.7. The molecule has 0 spiro atoms. The van der Waals surface area contributed by atoms with Gasteiger partial charge < -0.3 is 23.8 Å². The zero-order valence-corrected chi connectivity index (χ0v) is 43.1. The SMILES string of the molecule is CC/C=C/C/C=C/C/C=C/C/C=C/CCCCCCCCC(=O)OC(COCCC(C(=O)O)[N+](C)(C)C)COC(=O)CCCCCCCCCCCCCCC/C=C/C/C=C/C/C=C/CC. The maximum absolute atomic E-state index is 12.8. The first kappa shape index (κ1) is 62.5. The van der Waals surface area contributed by atoms with Crippen LogP contribution >= 0.6 is 0 Å². The zero-order valence-electron chi connectivity index (χ0n) is 43.1. The molecular formula is C58H100NO7+. The summed E-state index contributed by atoms with van der Waals surface area (Å²) in [5.74, 6) is -1.49. The van der Waals surface area contributed by atoms with Crippen LogP contribution in [-0.2, 0) is 28.6 Å². The van der Waals surface area contributed by atoms with Gasteiger partial charge in [0.2, 0.25) is 0 Å². The van der Waals surface area contributed by atoms with Crippen molar-refractivity contribution in [2.75, 3.05) is 41.0 Å². The van der Waals surface area contributed by atoms with Crippen molar-refractivity contribution < 1.29 is 38.2 Å². The van der Waals surface area contributed by atoms with E-state index in [4.69, 9.17) is 14.2 Å². The number of hydrogen-bond acceptors (Lipinski definition) is 6. The predicted molar refractivity (Wildman–Crippen MR) is 280 cm³/mol. The summed E-state index contributed by atoms with van der Waals surface area (Å²) < 4.78 is 17.4. The first-order valence-electron chi connectivity index (χ1n) is 26.6. The largest absolute Gasteiger partial charge is 0.477 e. The van der Waals surface area contributed by atoms with Crippen LogP contribution in [0.4, 0.5) is 0 Å². The maximum Gasteiger partial charge on any atom is 0.362 e. The third-order valence-electron chi connectivity index (χ3n) is 11.5. The van der Waals surface area contributed by atoms with Gasteiger partial charge >= 0.3 is 17.9 Å². The minimum atomic E-state index is -0.879. The van der Waals surface area contributed by atoms with Gasteiger partial charge in [0.05, 0.1) is 34.4 Å². The van der Waals surface area contributed by atoms with E-state index in [-0.39, 0.29) is 36.2 Å². The van der Waals surface area contributed by atoms with Crippen LogP contribution in [0, 0.1) is 0 Å². The predicted octanol–water partition coefficient (Wildman–Crippen LogP) is 15.6. The molecule has 66 heavy (non-hydrogen) atoms. The number of allylic oxidation sites excluding steroid dienone is 14. The number of aliphatic carboxylic acids is 1. The lowest BCUT2D eigenvalue weighted by molar-refractivity contribution is -0.887. The molecule has 0 aromatic rings. The molecule has 0 aliphatic rings. The van der Waals surface area contributed by atoms with Gasteiger partial charge in [-0.3, -0.25) is 9.59 Å². The minimum absolute atomic E-state index is 0.0516. The van der Waals surface area contributed by atoms with E-state index in [2.05, 4.69) is 98.9 Å². The number of ether oxygens (including phenoxy) is 3. The van der Waals surface area contributed by atoms with E-state index in [9.17, 15) is 19.5 Å². The van der Waals surface area contributed by atoms with E-state index in [0.29, 0.717) is 19.3 Å². The van der Waals surface area contributed by atoms with Gasteiger partial charge in [-0.25, -0.2) is 4.79 Å². The fourth-order valence-corrected chi connectivity index (χ4v) is 7.51. The Labute approximate surface area is 405 Å². The van der Waals surface area contributed by atoms with Crippen molar-refractivity contribution in [3.05, 3.63) is 85.1 Å². The van der Waals surface area contributed by atoms with Crippen molar-refractivity contribution in [3.63, 3.8) is 0 Å². The second-order valence-electron chi connectivity index (χ2n) is 18.7. The third-order valence-corrected chi connectivity index (χ3v) is 11.5. The van der Waals surface area contributed by atoms with E-state index in [1.165, 1.54) is 83.5 Å². The summed E-state index contributed by atoms with van der Waals surface area (Å²) in [6.07, 6.45) is 63.5. The summed E-state index contributed by atoms with van der Waals surface area (Å²) in [6.45, 7) is 4.51. The van der Waals surface area contributed by atoms with Crippen LogP contribution in [-0.4, -0.2) is 80.6 Å². The van der Waals surface area contributed by atoms with Crippen LogP contribution in [0.25, 0.3) is 0 Å². The number of carbonyl (C=O) groups is 3. The Morgan fingerprint density at radius 1 is 0.455 bits per heavy atom. The molecule has 0 heterocycles. The first-order valence-corrected chi connectivity index (χ1v) is 26.6. The van der Waals surface area contributed by atoms with Crippen molar-refractivity contribution in [1.82, 2.24) is 0 Å². The number of nitrogens with zero attached hydrogens (tertiary/aromatic N) is 1. The molecule has 0 aliphatic heterocycles. The Hall–Kier alpha value is -3.49. The van der Waals surface area contributed by atoms with Crippen LogP contribution in [0.15, 0.2) is 85.1 Å². The van der Waals surface area contributed by atoms with Crippen LogP contribution in [0.3, 0.4) is 0 Å². The summed E-state index contributed by atoms with van der Waals surface area (Å²) in [7, 11) is 5.53. The Bertz CT molecular complexity index is 1350. The molecule has 1 N–H and O–H groups in total. The minimum Gasteiger partial charge on any atom is -0.477 e. The van der Waals surface area contributed by atoms with Crippen molar-refractivity contribution in [2.24, 2.45) is 0 Å². The molecule has 0 bridgehead atoms. The lowest BCUT2D eigenvalue weighted by atomic mass is 10.0. The lowest BCUT2D eigenvalue weighted by Crippen LogP contribution is -2.50. The number of quaternary nitrogens is 1. The summed E-state index contributed by atoms with van der Waals surface area (Å²) >= 11 is 0. The molecule has 0 rings (SSSR count). The molecule has 0 radical (unpaired) electrons. The summed E-state index contributed by atoms with van der Waals surface area (Å²) in [5, 5.41) is 9.66. The monoisotopic (exact) mass is 923 g/mol. The molecule has 0 aliphatic carbocycles. The zero-order chi connectivity index (χ0) is 48.4. The molecule has 2 unspecified atom stereocenters. The van der Waals surface area contributed by atoms with E-state index >= 15 is 0 Å². The molecule has 0 saturated carbocycles. The molecule has 0 aromatic heterocycles. The number of esters is 2. The molecular weight excluding hydrogens is 823 g/mol. The van der Waals surface area contributed by atoms with Gasteiger partial charge in [-0.15, -0.1) is 0 Å². The molecule has 0 saturated heterocycles. The van der Waals surface area contributed by atoms with E-state index in [1.54, 1.807) is 0 Å². The average molecular weight is 923 g/mol. The van der Waals surface area contributed by atoms with E-state index in [1.807, 2.05) is 21.1 Å². The topological polar surface area (TPSA) is 99.1 Å². The smallest absolute Gasteiger partial charge is 0.362 e. The van der Waals surface area contributed by atoms with E-state index < -0.39 is 18.1 Å². The number of hydrogen-bond donors (Lipinski definition) is 1. The number of rotatable bonds is 47. The summed E-state index contributed by atoms with van der Waals surface area (Å²) in [4.78, 5) is 37.2. The van der Waals surface area contributed by atoms with Crippen LogP contribution in [0.5, 0.6) is 0 Å². The number of carboxylic acids is 1. The molecule has 8 nitrogen and oxygen atoms in total. The second kappa shape index (κ2) is 48.0. The highest BCUT2D eigenvalue weighted by Gasteiger charge is 2.31. The highest BCUT2D eigenvalue weighted by Crippen LogP contribution is 2.15. The molecule has 0 amide bonds. The molecule has 2 atom stereocenters. The molecule has 378 valence electrons. The maximum atomic E-state index is 12.8. The molecule has 0 fully saturated rings. The number of unbranched alkanes of at least 4 members (excludes halogenated alkanes) is 19. The molecule has 8 heteroatoms. The summed E-state index contributed by atoms with van der Waals surface area (Å²) in [6, 6.07) is -0.622. The fraction of sp³-hybridized carbons (Fsp3) is 0.707. The van der Waals surface area contributed by atoms with Gasteiger partial charge in [-0.1, -0.05) is 195 Å². The Morgan fingerprint density at radius 2 is 0.803 bits per heavy atom.